The van der Waals surface area contributed by atoms with E-state index in [9.17, 15) is 9.59 Å². The van der Waals surface area contributed by atoms with Crippen molar-refractivity contribution in [2.24, 2.45) is 0 Å². The first kappa shape index (κ1) is 12.3. The molecule has 6 nitrogen and oxygen atoms in total. The number of hydrogen-bond acceptors (Lipinski definition) is 6. The first-order valence-corrected chi connectivity index (χ1v) is 5.77. The zero-order chi connectivity index (χ0) is 12.7. The Morgan fingerprint density at radius 2 is 1.71 bits per heavy atom. The summed E-state index contributed by atoms with van der Waals surface area (Å²) in [7, 11) is 1.91. The van der Waals surface area contributed by atoms with Gasteiger partial charge in [0.1, 0.15) is 5.54 Å². The number of carbonyl (C=O) groups excluding carboxylic acids is 2. The molecule has 1 spiro atoms. The second kappa shape index (κ2) is 3.96. The van der Waals surface area contributed by atoms with Crippen molar-refractivity contribution in [3.05, 3.63) is 0 Å². The molecule has 0 amide bonds. The predicted octanol–water partition coefficient (Wildman–Crippen LogP) is -0.166. The predicted molar refractivity (Wildman–Crippen MR) is 58.9 cm³/mol. The number of ether oxygens (including phenoxy) is 2. The zero-order valence-electron chi connectivity index (χ0n) is 10.4. The van der Waals surface area contributed by atoms with Crippen LogP contribution >= 0.6 is 0 Å². The Morgan fingerprint density at radius 3 is 2.24 bits per heavy atom. The zero-order valence-corrected chi connectivity index (χ0v) is 10.4. The molecule has 6 heteroatoms. The van der Waals surface area contributed by atoms with E-state index in [2.05, 4.69) is 5.32 Å². The van der Waals surface area contributed by atoms with Gasteiger partial charge in [-0.3, -0.25) is 14.5 Å². The molecular formula is C11H18N2O4. The fraction of sp³-hybridized carbons (Fsp3) is 0.818. The number of nitrogens with one attached hydrogen (secondary N) is 1. The van der Waals surface area contributed by atoms with Crippen LogP contribution in [0.4, 0.5) is 0 Å². The highest BCUT2D eigenvalue weighted by molar-refractivity contribution is 5.80. The molecule has 2 rings (SSSR count). The van der Waals surface area contributed by atoms with Crippen LogP contribution in [0.1, 0.15) is 26.7 Å². The van der Waals surface area contributed by atoms with Crippen molar-refractivity contribution >= 4 is 11.9 Å². The van der Waals surface area contributed by atoms with Gasteiger partial charge < -0.3 is 9.47 Å². The van der Waals surface area contributed by atoms with Crippen LogP contribution in [0.3, 0.4) is 0 Å². The lowest BCUT2D eigenvalue weighted by Gasteiger charge is -2.51. The van der Waals surface area contributed by atoms with Crippen LogP contribution in [0.15, 0.2) is 0 Å². The third kappa shape index (κ3) is 1.91. The van der Waals surface area contributed by atoms with Gasteiger partial charge in [0, 0.05) is 13.1 Å². The maximum Gasteiger partial charge on any atom is 0.336 e. The van der Waals surface area contributed by atoms with Gasteiger partial charge in [0.25, 0.3) is 0 Å². The van der Waals surface area contributed by atoms with Crippen molar-refractivity contribution in [2.75, 3.05) is 20.1 Å². The van der Waals surface area contributed by atoms with E-state index in [1.165, 1.54) is 0 Å². The lowest BCUT2D eigenvalue weighted by molar-refractivity contribution is -0.288. The molecule has 0 atom stereocenters. The Kier molecular flexibility index (Phi) is 2.87. The highest BCUT2D eigenvalue weighted by Gasteiger charge is 2.57. The number of rotatable bonds is 0. The molecule has 2 aliphatic heterocycles. The smallest absolute Gasteiger partial charge is 0.336 e. The fourth-order valence-corrected chi connectivity index (χ4v) is 2.10. The second-order valence-corrected chi connectivity index (χ2v) is 4.97. The molecule has 2 aliphatic rings. The molecule has 0 aromatic rings. The summed E-state index contributed by atoms with van der Waals surface area (Å²) in [6.45, 7) is 5.15. The first-order chi connectivity index (χ1) is 7.87. The van der Waals surface area contributed by atoms with Crippen molar-refractivity contribution in [3.8, 4) is 0 Å². The standard InChI is InChI=1S/C11H18N2O4/c1-10(2)11(12-6-7-13(10)3)16-8(14)4-5-9(15)17-11/h12H,4-7H2,1-3H3. The Labute approximate surface area is 100 Å². The van der Waals surface area contributed by atoms with Crippen LogP contribution in [-0.4, -0.2) is 48.4 Å². The lowest BCUT2D eigenvalue weighted by Crippen LogP contribution is -2.74. The van der Waals surface area contributed by atoms with E-state index < -0.39 is 23.4 Å². The number of hydrogen-bond donors (Lipinski definition) is 1. The van der Waals surface area contributed by atoms with E-state index in [-0.39, 0.29) is 12.8 Å². The van der Waals surface area contributed by atoms with Gasteiger partial charge in [-0.05, 0) is 20.9 Å². The molecule has 2 heterocycles. The average molecular weight is 242 g/mol. The molecule has 2 saturated heterocycles. The van der Waals surface area contributed by atoms with Crippen molar-refractivity contribution in [3.63, 3.8) is 0 Å². The van der Waals surface area contributed by atoms with Crippen LogP contribution in [-0.2, 0) is 19.1 Å². The fourth-order valence-electron chi connectivity index (χ4n) is 2.10. The van der Waals surface area contributed by atoms with Crippen molar-refractivity contribution in [2.45, 2.75) is 38.1 Å². The van der Waals surface area contributed by atoms with Gasteiger partial charge in [-0.25, -0.2) is 5.32 Å². The summed E-state index contributed by atoms with van der Waals surface area (Å²) in [5.74, 6) is -2.19. The molecule has 0 saturated carbocycles. The number of piperazine rings is 1. The van der Waals surface area contributed by atoms with Gasteiger partial charge in [0.15, 0.2) is 0 Å². The van der Waals surface area contributed by atoms with Gasteiger partial charge in [0.2, 0.25) is 0 Å². The van der Waals surface area contributed by atoms with Crippen LogP contribution in [0, 0.1) is 0 Å². The topological polar surface area (TPSA) is 67.9 Å². The van der Waals surface area contributed by atoms with Crippen molar-refractivity contribution in [1.82, 2.24) is 10.2 Å². The van der Waals surface area contributed by atoms with Gasteiger partial charge in [0.05, 0.1) is 12.8 Å². The Morgan fingerprint density at radius 1 is 1.18 bits per heavy atom. The third-order valence-electron chi connectivity index (χ3n) is 3.61. The highest BCUT2D eigenvalue weighted by atomic mass is 16.8. The number of carbonyl (C=O) groups is 2. The average Bonchev–Trinajstić information content (AvgIpc) is 2.37. The molecule has 17 heavy (non-hydrogen) atoms. The van der Waals surface area contributed by atoms with Crippen LogP contribution in [0.5, 0.6) is 0 Å². The number of likely N-dealkylation sites (N-methyl/N-ethyl adjacent to an activating group) is 1. The summed E-state index contributed by atoms with van der Waals surface area (Å²) in [6.07, 6.45) is 0.143. The van der Waals surface area contributed by atoms with Gasteiger partial charge >= 0.3 is 17.8 Å². The van der Waals surface area contributed by atoms with Crippen molar-refractivity contribution in [1.29, 1.82) is 0 Å². The van der Waals surface area contributed by atoms with Gasteiger partial charge in [-0.1, -0.05) is 0 Å². The highest BCUT2D eigenvalue weighted by Crippen LogP contribution is 2.34. The summed E-state index contributed by atoms with van der Waals surface area (Å²) < 4.78 is 10.7. The third-order valence-corrected chi connectivity index (χ3v) is 3.61. The first-order valence-electron chi connectivity index (χ1n) is 5.77. The number of esters is 2. The molecule has 0 bridgehead atoms. The largest absolute Gasteiger partial charge is 0.407 e. The molecule has 96 valence electrons. The van der Waals surface area contributed by atoms with E-state index in [4.69, 9.17) is 9.47 Å². The normalized spacial score (nSPS) is 28.4. The molecule has 0 aromatic heterocycles. The van der Waals surface area contributed by atoms with Crippen LogP contribution < -0.4 is 5.32 Å². The Balaban J connectivity index is 2.36. The summed E-state index contributed by atoms with van der Waals surface area (Å²) in [5.41, 5.74) is -0.610. The minimum atomic E-state index is -1.37. The second-order valence-electron chi connectivity index (χ2n) is 4.97. The molecule has 1 N–H and O–H groups in total. The van der Waals surface area contributed by atoms with Crippen LogP contribution in [0.25, 0.3) is 0 Å². The van der Waals surface area contributed by atoms with E-state index in [0.717, 1.165) is 6.54 Å². The summed E-state index contributed by atoms with van der Waals surface area (Å²) in [4.78, 5) is 25.2. The van der Waals surface area contributed by atoms with E-state index in [0.29, 0.717) is 6.54 Å². The maximum atomic E-state index is 11.6. The monoisotopic (exact) mass is 242 g/mol. The Bertz CT molecular complexity index is 335. The van der Waals surface area contributed by atoms with E-state index in [1.807, 2.05) is 25.8 Å². The van der Waals surface area contributed by atoms with Gasteiger partial charge in [-0.2, -0.15) is 0 Å². The summed E-state index contributed by atoms with van der Waals surface area (Å²) >= 11 is 0. The summed E-state index contributed by atoms with van der Waals surface area (Å²) in [5, 5.41) is 3.03. The minimum Gasteiger partial charge on any atom is -0.407 e. The lowest BCUT2D eigenvalue weighted by atomic mass is 9.95. The summed E-state index contributed by atoms with van der Waals surface area (Å²) in [6, 6.07) is 0. The van der Waals surface area contributed by atoms with E-state index in [1.54, 1.807) is 0 Å². The molecule has 0 aliphatic carbocycles. The minimum absolute atomic E-state index is 0.0715. The van der Waals surface area contributed by atoms with Gasteiger partial charge in [-0.15, -0.1) is 0 Å². The van der Waals surface area contributed by atoms with Crippen LogP contribution in [0.2, 0.25) is 0 Å². The maximum absolute atomic E-state index is 11.6. The molecule has 0 unspecified atom stereocenters. The quantitative estimate of drug-likeness (QED) is 0.595. The van der Waals surface area contributed by atoms with Crippen molar-refractivity contribution < 1.29 is 19.1 Å². The SMILES string of the molecule is CN1CCNC2(OC(=O)CCC(=O)O2)C1(C)C. The molecule has 0 aromatic carbocycles. The molecular weight excluding hydrogens is 224 g/mol. The Hall–Kier alpha value is -1.14. The number of nitrogens with zero attached hydrogens (tertiary/aromatic N) is 1. The molecule has 2 fully saturated rings. The van der Waals surface area contributed by atoms with E-state index >= 15 is 0 Å². The molecule has 0 radical (unpaired) electrons.